The minimum Gasteiger partial charge on any atom is -0.370 e. The number of nitrogens with two attached hydrogens (primary N) is 1. The molecular formula is C22H43HfNOSi-. The van der Waals surface area contributed by atoms with Crippen molar-refractivity contribution in [2.75, 3.05) is 0 Å². The van der Waals surface area contributed by atoms with Crippen LogP contribution < -0.4 is 5.73 Å². The van der Waals surface area contributed by atoms with Crippen LogP contribution in [0.1, 0.15) is 98.8 Å². The molecule has 0 spiro atoms. The van der Waals surface area contributed by atoms with Crippen molar-refractivity contribution in [2.24, 2.45) is 11.7 Å². The summed E-state index contributed by atoms with van der Waals surface area (Å²) in [6.45, 7) is 12.9. The second-order valence-corrected chi connectivity index (χ2v) is 6.84. The minimum atomic E-state index is -0.159. The Morgan fingerprint density at radius 2 is 1.38 bits per heavy atom. The van der Waals surface area contributed by atoms with E-state index in [0.717, 1.165) is 12.8 Å². The SMILES string of the molecule is CC1=[C-]C(C)C(C)=C1C.CCCCCCCCCCCC(N)=O.C[SiH2].[Hf]. The summed E-state index contributed by atoms with van der Waals surface area (Å²) < 4.78 is 0. The maximum absolute atomic E-state index is 10.4. The molecule has 0 heterocycles. The summed E-state index contributed by atoms with van der Waals surface area (Å²) in [7, 11) is 1.86. The number of rotatable bonds is 10. The zero-order valence-corrected chi connectivity index (χ0v) is 23.3. The van der Waals surface area contributed by atoms with E-state index < -0.39 is 0 Å². The minimum absolute atomic E-state index is 0. The van der Waals surface area contributed by atoms with Gasteiger partial charge in [-0.15, -0.1) is 6.92 Å². The van der Waals surface area contributed by atoms with Crippen LogP contribution in [-0.4, -0.2) is 16.1 Å². The Kier molecular flexibility index (Phi) is 25.2. The van der Waals surface area contributed by atoms with Crippen molar-refractivity contribution in [2.45, 2.75) is 105 Å². The van der Waals surface area contributed by atoms with Gasteiger partial charge in [-0.3, -0.25) is 10.9 Å². The average Bonchev–Trinajstić information content (AvgIpc) is 2.81. The number of carbonyl (C=O) groups excluding carboxylic acids is 1. The van der Waals surface area contributed by atoms with E-state index in [9.17, 15) is 4.79 Å². The van der Waals surface area contributed by atoms with E-state index >= 15 is 0 Å². The van der Waals surface area contributed by atoms with Crippen LogP contribution in [0, 0.1) is 12.0 Å². The molecule has 1 unspecified atom stereocenters. The van der Waals surface area contributed by atoms with Gasteiger partial charge in [0.15, 0.2) is 0 Å². The Morgan fingerprint density at radius 1 is 0.962 bits per heavy atom. The van der Waals surface area contributed by atoms with Gasteiger partial charge in [-0.05, 0) is 6.42 Å². The van der Waals surface area contributed by atoms with Crippen LogP contribution in [0.5, 0.6) is 0 Å². The number of amides is 1. The van der Waals surface area contributed by atoms with Crippen molar-refractivity contribution in [1.82, 2.24) is 0 Å². The molecule has 1 aliphatic carbocycles. The van der Waals surface area contributed by atoms with E-state index in [1.54, 1.807) is 0 Å². The Labute approximate surface area is 186 Å². The van der Waals surface area contributed by atoms with Crippen LogP contribution in [0.3, 0.4) is 0 Å². The van der Waals surface area contributed by atoms with E-state index in [2.05, 4.69) is 40.7 Å². The van der Waals surface area contributed by atoms with Gasteiger partial charge in [0.2, 0.25) is 5.91 Å². The van der Waals surface area contributed by atoms with Gasteiger partial charge in [-0.25, -0.2) is 5.57 Å². The quantitative estimate of drug-likeness (QED) is 0.212. The molecule has 0 aliphatic heterocycles. The number of allylic oxidation sites excluding steroid dienone is 4. The molecule has 1 aliphatic rings. The van der Waals surface area contributed by atoms with Crippen molar-refractivity contribution in [3.63, 3.8) is 0 Å². The molecule has 2 N–H and O–H groups in total. The number of primary amides is 1. The van der Waals surface area contributed by atoms with E-state index in [-0.39, 0.29) is 31.8 Å². The van der Waals surface area contributed by atoms with Crippen LogP contribution in [0.4, 0.5) is 0 Å². The fourth-order valence-corrected chi connectivity index (χ4v) is 2.77. The van der Waals surface area contributed by atoms with Crippen LogP contribution in [0.25, 0.3) is 0 Å². The van der Waals surface area contributed by atoms with Gasteiger partial charge in [0.25, 0.3) is 0 Å². The first-order chi connectivity index (χ1) is 11.9. The summed E-state index contributed by atoms with van der Waals surface area (Å²) in [5.41, 5.74) is 9.29. The van der Waals surface area contributed by atoms with Crippen molar-refractivity contribution in [3.05, 3.63) is 22.8 Å². The van der Waals surface area contributed by atoms with E-state index in [0.29, 0.717) is 12.3 Å². The maximum Gasteiger partial charge on any atom is 0.217 e. The Hall–Kier alpha value is 0.0370. The third-order valence-electron chi connectivity index (χ3n) is 4.76. The van der Waals surface area contributed by atoms with Crippen LogP contribution in [-0.2, 0) is 30.6 Å². The smallest absolute Gasteiger partial charge is 0.217 e. The molecule has 0 aromatic heterocycles. The molecule has 2 nitrogen and oxygen atoms in total. The number of hydrogen-bond acceptors (Lipinski definition) is 1. The van der Waals surface area contributed by atoms with E-state index in [1.165, 1.54) is 61.7 Å². The topological polar surface area (TPSA) is 43.1 Å². The zero-order valence-electron chi connectivity index (χ0n) is 18.3. The third-order valence-corrected chi connectivity index (χ3v) is 4.76. The van der Waals surface area contributed by atoms with Crippen molar-refractivity contribution >= 4 is 16.1 Å². The standard InChI is InChI=1S/C12H25NO.C9H13.CH5Si.Hf/c1-2-3-4-5-6-7-8-9-10-11-12(13)14;1-6-5-7(2)9(4)8(6)3;1-2;/h2-11H2,1H3,(H2,13,14);6H,1-4H3;2H2,1H3;/q;-1;;. The predicted octanol–water partition coefficient (Wildman–Crippen LogP) is 5.78. The maximum atomic E-state index is 10.4. The molecule has 4 heteroatoms. The average molecular weight is 544 g/mol. The molecule has 1 radical (unpaired) electrons. The molecule has 0 aromatic rings. The first-order valence-corrected chi connectivity index (χ1v) is 11.6. The molecule has 0 aromatic carbocycles. The molecule has 1 rings (SSSR count). The third kappa shape index (κ3) is 17.5. The molecule has 26 heavy (non-hydrogen) atoms. The molecule has 1 amide bonds. The van der Waals surface area contributed by atoms with Crippen molar-refractivity contribution < 1.29 is 30.6 Å². The van der Waals surface area contributed by atoms with Crippen molar-refractivity contribution in [3.8, 4) is 0 Å². The van der Waals surface area contributed by atoms with Gasteiger partial charge in [-0.1, -0.05) is 91.5 Å². The molecule has 151 valence electrons. The second kappa shape index (κ2) is 21.3. The summed E-state index contributed by atoms with van der Waals surface area (Å²) in [5, 5.41) is 0. The van der Waals surface area contributed by atoms with Gasteiger partial charge in [0.05, 0.1) is 0 Å². The first kappa shape index (κ1) is 30.8. The number of unbranched alkanes of at least 4 members (excludes halogenated alkanes) is 8. The summed E-state index contributed by atoms with van der Waals surface area (Å²) in [6, 6.07) is 0. The van der Waals surface area contributed by atoms with Crippen LogP contribution in [0.2, 0.25) is 6.55 Å². The molecule has 1 atom stereocenters. The second-order valence-electron chi connectivity index (χ2n) is 6.84. The normalized spacial score (nSPS) is 15.2. The van der Waals surface area contributed by atoms with E-state index in [4.69, 9.17) is 5.73 Å². The van der Waals surface area contributed by atoms with Crippen LogP contribution >= 0.6 is 0 Å². The van der Waals surface area contributed by atoms with Gasteiger partial charge in [-0.2, -0.15) is 11.1 Å². The monoisotopic (exact) mass is 545 g/mol. The zero-order chi connectivity index (χ0) is 19.7. The first-order valence-electron chi connectivity index (χ1n) is 10.2. The molecule has 0 fully saturated rings. The Morgan fingerprint density at radius 3 is 1.65 bits per heavy atom. The molecule has 0 bridgehead atoms. The van der Waals surface area contributed by atoms with Gasteiger partial charge < -0.3 is 5.73 Å². The summed E-state index contributed by atoms with van der Waals surface area (Å²) >= 11 is 0. The summed E-state index contributed by atoms with van der Waals surface area (Å²) in [6.07, 6.45) is 15.5. The molecular weight excluding hydrogens is 501 g/mol. The van der Waals surface area contributed by atoms with Crippen molar-refractivity contribution in [1.29, 1.82) is 0 Å². The fraction of sp³-hybridized carbons (Fsp3) is 0.773. The molecule has 0 saturated heterocycles. The predicted molar refractivity (Wildman–Crippen MR) is 115 cm³/mol. The molecule has 0 saturated carbocycles. The Bertz CT molecular complexity index is 405. The summed E-state index contributed by atoms with van der Waals surface area (Å²) in [4.78, 5) is 10.4. The number of carbonyl (C=O) groups is 1. The Balaban J connectivity index is -0.000000381. The fourth-order valence-electron chi connectivity index (χ4n) is 2.77. The number of hydrogen-bond donors (Lipinski definition) is 1. The van der Waals surface area contributed by atoms with Gasteiger partial charge in [0.1, 0.15) is 0 Å². The van der Waals surface area contributed by atoms with Gasteiger partial charge in [0, 0.05) is 42.5 Å². The van der Waals surface area contributed by atoms with Gasteiger partial charge >= 0.3 is 0 Å². The summed E-state index contributed by atoms with van der Waals surface area (Å²) in [5.74, 6) is 0.401. The van der Waals surface area contributed by atoms with E-state index in [1.807, 2.05) is 16.8 Å². The largest absolute Gasteiger partial charge is 0.370 e. The van der Waals surface area contributed by atoms with Crippen LogP contribution in [0.15, 0.2) is 16.7 Å².